The number of fused-ring (bicyclic) bond motifs is 3. The number of hydrogen-bond donors (Lipinski definition) is 3. The highest BCUT2D eigenvalue weighted by Crippen LogP contribution is 2.46. The quantitative estimate of drug-likeness (QED) is 0.369. The fourth-order valence-corrected chi connectivity index (χ4v) is 4.82. The summed E-state index contributed by atoms with van der Waals surface area (Å²) < 4.78 is 6.06. The lowest BCUT2D eigenvalue weighted by molar-refractivity contribution is 0.0676. The average Bonchev–Trinajstić information content (AvgIpc) is 2.81. The zero-order valence-electron chi connectivity index (χ0n) is 22.1. The first-order valence-corrected chi connectivity index (χ1v) is 12.6. The van der Waals surface area contributed by atoms with Gasteiger partial charge in [-0.2, -0.15) is 0 Å². The Morgan fingerprint density at radius 3 is 2.14 bits per heavy atom. The molecule has 0 fully saturated rings. The van der Waals surface area contributed by atoms with E-state index in [2.05, 4.69) is 15.1 Å². The summed E-state index contributed by atoms with van der Waals surface area (Å²) in [5, 5.41) is 23.2. The monoisotopic (exact) mass is 497 g/mol. The number of carbonyl (C=O) groups is 2. The van der Waals surface area contributed by atoms with Gasteiger partial charge < -0.3 is 30.1 Å². The minimum Gasteiger partial charge on any atom is -0.478 e. The number of nitrogens with zero attached hydrogens (tertiary/aromatic N) is 2. The summed E-state index contributed by atoms with van der Waals surface area (Å²) in [6, 6.07) is 6.87. The lowest BCUT2D eigenvalue weighted by Gasteiger charge is -2.33. The number of carboxylic acids is 2. The van der Waals surface area contributed by atoms with Crippen LogP contribution in [0.15, 0.2) is 24.3 Å². The SMILES string of the molecule is CCCOC1Nc2cc(C(=O)O)c(CCCN(C)C)c(CCCN(C)C)c2-c2ccc(C(=O)O)cc21. The van der Waals surface area contributed by atoms with Crippen molar-refractivity contribution in [3.8, 4) is 11.1 Å². The van der Waals surface area contributed by atoms with E-state index in [0.29, 0.717) is 18.6 Å². The van der Waals surface area contributed by atoms with Crippen LogP contribution in [0.4, 0.5) is 5.69 Å². The van der Waals surface area contributed by atoms with E-state index >= 15 is 0 Å². The molecule has 0 aromatic heterocycles. The van der Waals surface area contributed by atoms with Crippen LogP contribution in [0.25, 0.3) is 11.1 Å². The van der Waals surface area contributed by atoms with Crippen molar-refractivity contribution in [2.45, 2.75) is 45.3 Å². The van der Waals surface area contributed by atoms with E-state index in [4.69, 9.17) is 4.74 Å². The molecule has 0 saturated carbocycles. The van der Waals surface area contributed by atoms with Gasteiger partial charge in [0.25, 0.3) is 0 Å². The molecule has 0 aliphatic carbocycles. The Kier molecular flexibility index (Phi) is 9.48. The van der Waals surface area contributed by atoms with Crippen molar-refractivity contribution in [3.63, 3.8) is 0 Å². The van der Waals surface area contributed by atoms with Gasteiger partial charge in [0.15, 0.2) is 6.23 Å². The minimum atomic E-state index is -0.991. The second-order valence-corrected chi connectivity index (χ2v) is 9.92. The smallest absolute Gasteiger partial charge is 0.336 e. The van der Waals surface area contributed by atoms with Crippen LogP contribution in [0.3, 0.4) is 0 Å². The standard InChI is InChI=1S/C28H39N3O5/c1-6-15-36-26-22-16-18(27(32)33)11-12-21(22)25-20(10-8-14-31(4)5)19(9-7-13-30(2)3)23(28(34)35)17-24(25)29-26/h11-12,16-17,26,29H,6-10,13-15H2,1-5H3,(H,32,33)(H,34,35). The largest absolute Gasteiger partial charge is 0.478 e. The summed E-state index contributed by atoms with van der Waals surface area (Å²) in [5.74, 6) is -1.93. The number of benzene rings is 2. The van der Waals surface area contributed by atoms with Gasteiger partial charge in [-0.15, -0.1) is 0 Å². The maximum Gasteiger partial charge on any atom is 0.336 e. The van der Waals surface area contributed by atoms with E-state index in [9.17, 15) is 19.8 Å². The van der Waals surface area contributed by atoms with E-state index < -0.39 is 18.2 Å². The third kappa shape index (κ3) is 6.43. The van der Waals surface area contributed by atoms with Crippen molar-refractivity contribution in [2.75, 3.05) is 53.2 Å². The third-order valence-corrected chi connectivity index (χ3v) is 6.47. The van der Waals surface area contributed by atoms with Crippen molar-refractivity contribution in [3.05, 3.63) is 52.1 Å². The molecule has 36 heavy (non-hydrogen) atoms. The van der Waals surface area contributed by atoms with E-state index in [0.717, 1.165) is 72.3 Å². The van der Waals surface area contributed by atoms with Gasteiger partial charge in [0.05, 0.1) is 11.1 Å². The van der Waals surface area contributed by atoms with Crippen LogP contribution in [0.1, 0.15) is 69.8 Å². The third-order valence-electron chi connectivity index (χ3n) is 6.47. The lowest BCUT2D eigenvalue weighted by Crippen LogP contribution is -2.24. The Labute approximate surface area is 213 Å². The Hall–Kier alpha value is -2.94. The van der Waals surface area contributed by atoms with Gasteiger partial charge in [-0.3, -0.25) is 0 Å². The van der Waals surface area contributed by atoms with Crippen molar-refractivity contribution < 1.29 is 24.5 Å². The molecule has 1 aliphatic heterocycles. The lowest BCUT2D eigenvalue weighted by atomic mass is 9.82. The van der Waals surface area contributed by atoms with Crippen LogP contribution in [0.5, 0.6) is 0 Å². The van der Waals surface area contributed by atoms with E-state index in [1.807, 2.05) is 41.2 Å². The fraction of sp³-hybridized carbons (Fsp3) is 0.500. The molecule has 1 atom stereocenters. The second-order valence-electron chi connectivity index (χ2n) is 9.92. The van der Waals surface area contributed by atoms with Crippen LogP contribution in [-0.4, -0.2) is 79.8 Å². The van der Waals surface area contributed by atoms with Gasteiger partial charge in [-0.05, 0) is 108 Å². The topological polar surface area (TPSA) is 102 Å². The highest BCUT2D eigenvalue weighted by atomic mass is 16.5. The Morgan fingerprint density at radius 2 is 1.58 bits per heavy atom. The first-order chi connectivity index (χ1) is 17.1. The van der Waals surface area contributed by atoms with Crippen molar-refractivity contribution >= 4 is 17.6 Å². The van der Waals surface area contributed by atoms with Gasteiger partial charge >= 0.3 is 11.9 Å². The summed E-state index contributed by atoms with van der Waals surface area (Å²) in [6.07, 6.45) is 3.35. The van der Waals surface area contributed by atoms with Crippen molar-refractivity contribution in [2.24, 2.45) is 0 Å². The normalized spacial score (nSPS) is 14.5. The zero-order chi connectivity index (χ0) is 26.4. The number of hydrogen-bond acceptors (Lipinski definition) is 6. The first kappa shape index (κ1) is 27.6. The zero-order valence-corrected chi connectivity index (χ0v) is 22.1. The Morgan fingerprint density at radius 1 is 0.944 bits per heavy atom. The molecular weight excluding hydrogens is 458 g/mol. The van der Waals surface area contributed by atoms with Crippen LogP contribution < -0.4 is 5.32 Å². The summed E-state index contributed by atoms with van der Waals surface area (Å²) in [7, 11) is 8.08. The highest BCUT2D eigenvalue weighted by Gasteiger charge is 2.31. The molecule has 2 aromatic rings. The Bertz CT molecular complexity index is 1100. The van der Waals surface area contributed by atoms with Crippen LogP contribution in [0.2, 0.25) is 0 Å². The molecule has 0 saturated heterocycles. The van der Waals surface area contributed by atoms with Gasteiger partial charge in [-0.25, -0.2) is 9.59 Å². The number of carboxylic acid groups (broad SMARTS) is 2. The molecule has 3 rings (SSSR count). The molecule has 0 bridgehead atoms. The first-order valence-electron chi connectivity index (χ1n) is 12.6. The van der Waals surface area contributed by atoms with Gasteiger partial charge in [0.2, 0.25) is 0 Å². The summed E-state index contributed by atoms with van der Waals surface area (Å²) in [6.45, 7) is 4.24. The second kappa shape index (κ2) is 12.3. The van der Waals surface area contributed by atoms with Gasteiger partial charge in [-0.1, -0.05) is 13.0 Å². The highest BCUT2D eigenvalue weighted by molar-refractivity contribution is 5.98. The number of nitrogens with one attached hydrogen (secondary N) is 1. The molecule has 1 unspecified atom stereocenters. The maximum atomic E-state index is 12.4. The van der Waals surface area contributed by atoms with Crippen molar-refractivity contribution in [1.29, 1.82) is 0 Å². The molecule has 1 heterocycles. The molecular formula is C28H39N3O5. The van der Waals surface area contributed by atoms with Crippen LogP contribution in [0, 0.1) is 0 Å². The summed E-state index contributed by atoms with van der Waals surface area (Å²) in [4.78, 5) is 28.4. The molecule has 8 heteroatoms. The number of ether oxygens (including phenoxy) is 1. The van der Waals surface area contributed by atoms with Crippen LogP contribution >= 0.6 is 0 Å². The Balaban J connectivity index is 2.22. The van der Waals surface area contributed by atoms with Crippen molar-refractivity contribution in [1.82, 2.24) is 9.80 Å². The molecule has 0 radical (unpaired) electrons. The maximum absolute atomic E-state index is 12.4. The summed E-state index contributed by atoms with van der Waals surface area (Å²) >= 11 is 0. The average molecular weight is 498 g/mol. The van der Waals surface area contributed by atoms with Gasteiger partial charge in [0, 0.05) is 23.4 Å². The van der Waals surface area contributed by atoms with E-state index in [-0.39, 0.29) is 5.56 Å². The molecule has 2 aromatic carbocycles. The molecule has 8 nitrogen and oxygen atoms in total. The molecule has 0 amide bonds. The van der Waals surface area contributed by atoms with Crippen LogP contribution in [-0.2, 0) is 17.6 Å². The van der Waals surface area contributed by atoms with Gasteiger partial charge in [0.1, 0.15) is 0 Å². The molecule has 196 valence electrons. The number of rotatable bonds is 13. The van der Waals surface area contributed by atoms with E-state index in [1.165, 1.54) is 0 Å². The molecule has 3 N–H and O–H groups in total. The number of aromatic carboxylic acids is 2. The molecule has 0 spiro atoms. The fourth-order valence-electron chi connectivity index (χ4n) is 4.82. The summed E-state index contributed by atoms with van der Waals surface area (Å²) in [5.41, 5.74) is 5.77. The minimum absolute atomic E-state index is 0.201. The van der Waals surface area contributed by atoms with E-state index in [1.54, 1.807) is 18.2 Å². The predicted octanol–water partition coefficient (Wildman–Crippen LogP) is 4.59. The molecule has 1 aliphatic rings. The predicted molar refractivity (Wildman–Crippen MR) is 142 cm³/mol. The number of anilines is 1.